The summed E-state index contributed by atoms with van der Waals surface area (Å²) in [6, 6.07) is 3.87. The number of urea groups is 1. The van der Waals surface area contributed by atoms with Gasteiger partial charge >= 0.3 is 6.03 Å². The second-order valence-electron chi connectivity index (χ2n) is 5.81. The molecule has 0 aromatic heterocycles. The fourth-order valence-corrected chi connectivity index (χ4v) is 1.74. The first-order valence-electron chi connectivity index (χ1n) is 6.43. The Labute approximate surface area is 115 Å². The van der Waals surface area contributed by atoms with Crippen LogP contribution in [0, 0.1) is 13.8 Å². The molecule has 19 heavy (non-hydrogen) atoms. The highest BCUT2D eigenvalue weighted by molar-refractivity contribution is 5.74. The van der Waals surface area contributed by atoms with E-state index in [1.807, 2.05) is 46.8 Å². The molecule has 0 aliphatic heterocycles. The fraction of sp³-hybridized carbons (Fsp3) is 0.533. The Balaban J connectivity index is 2.72. The maximum Gasteiger partial charge on any atom is 0.315 e. The summed E-state index contributed by atoms with van der Waals surface area (Å²) < 4.78 is 5.34. The smallest absolute Gasteiger partial charge is 0.315 e. The van der Waals surface area contributed by atoms with E-state index >= 15 is 0 Å². The molecule has 4 nitrogen and oxygen atoms in total. The second-order valence-corrected chi connectivity index (χ2v) is 5.81. The highest BCUT2D eigenvalue weighted by Crippen LogP contribution is 2.22. The van der Waals surface area contributed by atoms with Crippen molar-refractivity contribution in [2.45, 2.75) is 46.7 Å². The number of carbonyl (C=O) groups excluding carboxylic acids is 1. The molecule has 1 rings (SSSR count). The fourth-order valence-electron chi connectivity index (χ4n) is 1.74. The summed E-state index contributed by atoms with van der Waals surface area (Å²) in [5.41, 5.74) is 3.11. The number of methoxy groups -OCH3 is 1. The van der Waals surface area contributed by atoms with Crippen LogP contribution in [0.3, 0.4) is 0 Å². The highest BCUT2D eigenvalue weighted by atomic mass is 16.5. The third-order valence-electron chi connectivity index (χ3n) is 2.82. The molecule has 0 unspecified atom stereocenters. The van der Waals surface area contributed by atoms with Crippen molar-refractivity contribution in [1.82, 2.24) is 10.6 Å². The van der Waals surface area contributed by atoms with Crippen molar-refractivity contribution >= 4 is 6.03 Å². The first-order chi connectivity index (χ1) is 8.73. The average Bonchev–Trinajstić information content (AvgIpc) is 2.28. The summed E-state index contributed by atoms with van der Waals surface area (Å²) in [7, 11) is 1.64. The summed E-state index contributed by atoms with van der Waals surface area (Å²) in [5, 5.41) is 5.71. The van der Waals surface area contributed by atoms with Gasteiger partial charge in [0.25, 0.3) is 0 Å². The van der Waals surface area contributed by atoms with Gasteiger partial charge in [-0.2, -0.15) is 0 Å². The summed E-state index contributed by atoms with van der Waals surface area (Å²) in [6.45, 7) is 10.4. The van der Waals surface area contributed by atoms with Crippen LogP contribution >= 0.6 is 0 Å². The minimum absolute atomic E-state index is 0.173. The van der Waals surface area contributed by atoms with E-state index in [0.717, 1.165) is 11.3 Å². The van der Waals surface area contributed by atoms with Gasteiger partial charge in [-0.15, -0.1) is 0 Å². The van der Waals surface area contributed by atoms with Crippen LogP contribution in [0.1, 0.15) is 37.5 Å². The van der Waals surface area contributed by atoms with Gasteiger partial charge in [0, 0.05) is 17.6 Å². The van der Waals surface area contributed by atoms with Crippen molar-refractivity contribution in [3.63, 3.8) is 0 Å². The molecule has 0 heterocycles. The van der Waals surface area contributed by atoms with Gasteiger partial charge in [-0.1, -0.05) is 6.07 Å². The van der Waals surface area contributed by atoms with E-state index in [0.29, 0.717) is 6.54 Å². The van der Waals surface area contributed by atoms with Gasteiger partial charge in [0.1, 0.15) is 5.75 Å². The van der Waals surface area contributed by atoms with Gasteiger partial charge in [-0.25, -0.2) is 4.79 Å². The number of hydrogen-bond acceptors (Lipinski definition) is 2. The lowest BCUT2D eigenvalue weighted by atomic mass is 10.0. The molecule has 1 aromatic carbocycles. The van der Waals surface area contributed by atoms with Crippen LogP contribution in [0.5, 0.6) is 5.75 Å². The molecule has 0 atom stereocenters. The van der Waals surface area contributed by atoms with Crippen molar-refractivity contribution in [1.29, 1.82) is 0 Å². The summed E-state index contributed by atoms with van der Waals surface area (Å²) in [5.74, 6) is 0.805. The number of carbonyl (C=O) groups is 1. The first kappa shape index (κ1) is 15.3. The SMILES string of the molecule is COc1cc(C)c(C)cc1CNC(=O)NC(C)(C)C. The zero-order valence-corrected chi connectivity index (χ0v) is 12.7. The molecule has 0 aliphatic rings. The standard InChI is InChI=1S/C15H24N2O2/c1-10-7-12(13(19-6)8-11(10)2)9-16-14(18)17-15(3,4)5/h7-8H,9H2,1-6H3,(H2,16,17,18). The Kier molecular flexibility index (Phi) is 4.81. The Morgan fingerprint density at radius 1 is 1.21 bits per heavy atom. The highest BCUT2D eigenvalue weighted by Gasteiger charge is 2.14. The number of amides is 2. The second kappa shape index (κ2) is 5.95. The van der Waals surface area contributed by atoms with Gasteiger partial charge < -0.3 is 15.4 Å². The van der Waals surface area contributed by atoms with Crippen molar-refractivity contribution in [2.75, 3.05) is 7.11 Å². The molecule has 0 radical (unpaired) electrons. The third-order valence-corrected chi connectivity index (χ3v) is 2.82. The van der Waals surface area contributed by atoms with Crippen molar-refractivity contribution < 1.29 is 9.53 Å². The van der Waals surface area contributed by atoms with Gasteiger partial charge in [0.2, 0.25) is 0 Å². The maximum absolute atomic E-state index is 11.7. The number of benzene rings is 1. The van der Waals surface area contributed by atoms with Gasteiger partial charge in [0.05, 0.1) is 7.11 Å². The van der Waals surface area contributed by atoms with Gasteiger partial charge in [-0.05, 0) is 51.8 Å². The third kappa shape index (κ3) is 4.81. The molecule has 0 bridgehead atoms. The van der Waals surface area contributed by atoms with E-state index in [1.54, 1.807) is 7.11 Å². The van der Waals surface area contributed by atoms with Gasteiger partial charge in [0.15, 0.2) is 0 Å². The minimum Gasteiger partial charge on any atom is -0.496 e. The Morgan fingerprint density at radius 2 is 1.79 bits per heavy atom. The molecule has 4 heteroatoms. The summed E-state index contributed by atoms with van der Waals surface area (Å²) in [4.78, 5) is 11.7. The zero-order chi connectivity index (χ0) is 14.6. The van der Waals surface area contributed by atoms with E-state index < -0.39 is 0 Å². The summed E-state index contributed by atoms with van der Waals surface area (Å²) in [6.07, 6.45) is 0. The predicted octanol–water partition coefficient (Wildman–Crippen LogP) is 2.91. The minimum atomic E-state index is -0.239. The van der Waals surface area contributed by atoms with Gasteiger partial charge in [-0.3, -0.25) is 0 Å². The van der Waals surface area contributed by atoms with E-state index in [4.69, 9.17) is 4.74 Å². The topological polar surface area (TPSA) is 50.4 Å². The zero-order valence-electron chi connectivity index (χ0n) is 12.7. The molecule has 0 spiro atoms. The number of nitrogens with one attached hydrogen (secondary N) is 2. The molecular formula is C15H24N2O2. The van der Waals surface area contributed by atoms with Crippen LogP contribution in [0.2, 0.25) is 0 Å². The first-order valence-corrected chi connectivity index (χ1v) is 6.43. The largest absolute Gasteiger partial charge is 0.496 e. The van der Waals surface area contributed by atoms with Crippen LogP contribution in [0.15, 0.2) is 12.1 Å². The molecule has 2 amide bonds. The lowest BCUT2D eigenvalue weighted by molar-refractivity contribution is 0.231. The molecule has 0 fully saturated rings. The summed E-state index contributed by atoms with van der Waals surface area (Å²) >= 11 is 0. The normalized spacial score (nSPS) is 11.1. The molecular weight excluding hydrogens is 240 g/mol. The van der Waals surface area contributed by atoms with Crippen LogP contribution < -0.4 is 15.4 Å². The lowest BCUT2D eigenvalue weighted by Crippen LogP contribution is -2.46. The molecule has 1 aromatic rings. The van der Waals surface area contributed by atoms with Crippen LogP contribution in [-0.4, -0.2) is 18.7 Å². The predicted molar refractivity (Wildman–Crippen MR) is 77.6 cm³/mol. The lowest BCUT2D eigenvalue weighted by Gasteiger charge is -2.21. The molecule has 0 saturated carbocycles. The maximum atomic E-state index is 11.7. The quantitative estimate of drug-likeness (QED) is 0.882. The number of rotatable bonds is 3. The van der Waals surface area contributed by atoms with Crippen LogP contribution in [-0.2, 0) is 6.54 Å². The molecule has 106 valence electrons. The van der Waals surface area contributed by atoms with E-state index in [2.05, 4.69) is 10.6 Å². The number of ether oxygens (including phenoxy) is 1. The number of hydrogen-bond donors (Lipinski definition) is 2. The van der Waals surface area contributed by atoms with Crippen molar-refractivity contribution in [3.05, 3.63) is 28.8 Å². The van der Waals surface area contributed by atoms with E-state index in [-0.39, 0.29) is 11.6 Å². The van der Waals surface area contributed by atoms with Crippen LogP contribution in [0.25, 0.3) is 0 Å². The van der Waals surface area contributed by atoms with Crippen molar-refractivity contribution in [3.8, 4) is 5.75 Å². The molecule has 0 aliphatic carbocycles. The number of aryl methyl sites for hydroxylation is 2. The average molecular weight is 264 g/mol. The molecule has 0 saturated heterocycles. The van der Waals surface area contributed by atoms with Crippen molar-refractivity contribution in [2.24, 2.45) is 0 Å². The monoisotopic (exact) mass is 264 g/mol. The van der Waals surface area contributed by atoms with E-state index in [1.165, 1.54) is 11.1 Å². The Bertz CT molecular complexity index is 462. The Morgan fingerprint density at radius 3 is 2.32 bits per heavy atom. The van der Waals surface area contributed by atoms with Crippen LogP contribution in [0.4, 0.5) is 4.79 Å². The van der Waals surface area contributed by atoms with E-state index in [9.17, 15) is 4.79 Å². The molecule has 2 N–H and O–H groups in total. The Hall–Kier alpha value is -1.71.